The molecule has 0 spiro atoms. The molecule has 0 rings (SSSR count). The van der Waals surface area contributed by atoms with Crippen LogP contribution < -0.4 is 0 Å². The summed E-state index contributed by atoms with van der Waals surface area (Å²) in [5, 5.41) is -0.354. The molecule has 0 amide bonds. The Labute approximate surface area is 72.2 Å². The molecule has 0 aliphatic rings. The van der Waals surface area contributed by atoms with Crippen molar-refractivity contribution in [2.24, 2.45) is 0 Å². The summed E-state index contributed by atoms with van der Waals surface area (Å²) in [5.41, 5.74) is 0. The van der Waals surface area contributed by atoms with Gasteiger partial charge in [-0.1, -0.05) is 0 Å². The van der Waals surface area contributed by atoms with E-state index in [0.717, 1.165) is 0 Å². The first-order chi connectivity index (χ1) is 4.78. The summed E-state index contributed by atoms with van der Waals surface area (Å²) in [6, 6.07) is 0. The Hall–Kier alpha value is 0.600. The molecule has 0 bridgehead atoms. The SMILES string of the molecule is CCC(Cl)CP(O)(O)(O)CC. The van der Waals surface area contributed by atoms with E-state index < -0.39 is 7.28 Å². The van der Waals surface area contributed by atoms with E-state index in [2.05, 4.69) is 0 Å². The van der Waals surface area contributed by atoms with Crippen LogP contribution in [-0.2, 0) is 0 Å². The van der Waals surface area contributed by atoms with Crippen LogP contribution in [0.4, 0.5) is 0 Å². The molecule has 0 aromatic carbocycles. The zero-order valence-corrected chi connectivity index (χ0v) is 8.52. The van der Waals surface area contributed by atoms with Gasteiger partial charge >= 0.3 is 71.5 Å². The van der Waals surface area contributed by atoms with Crippen LogP contribution in [0.3, 0.4) is 0 Å². The third-order valence-electron chi connectivity index (χ3n) is 1.66. The first-order valence-corrected chi connectivity index (χ1v) is 6.58. The second-order valence-electron chi connectivity index (χ2n) is 2.84. The number of alkyl halides is 1. The van der Waals surface area contributed by atoms with Crippen LogP contribution in [0, 0.1) is 0 Å². The van der Waals surface area contributed by atoms with E-state index in [1.54, 1.807) is 0 Å². The van der Waals surface area contributed by atoms with Crippen molar-refractivity contribution in [3.63, 3.8) is 0 Å². The van der Waals surface area contributed by atoms with E-state index in [0.29, 0.717) is 6.42 Å². The van der Waals surface area contributed by atoms with Crippen LogP contribution in [0.15, 0.2) is 0 Å². The maximum absolute atomic E-state index is 9.25. The Morgan fingerprint density at radius 1 is 1.27 bits per heavy atom. The molecule has 0 fully saturated rings. The van der Waals surface area contributed by atoms with Gasteiger partial charge in [0, 0.05) is 0 Å². The van der Waals surface area contributed by atoms with Crippen LogP contribution in [0.2, 0.25) is 0 Å². The summed E-state index contributed by atoms with van der Waals surface area (Å²) in [7, 11) is -4.35. The van der Waals surface area contributed by atoms with Gasteiger partial charge in [0.25, 0.3) is 0 Å². The van der Waals surface area contributed by atoms with Gasteiger partial charge in [0.15, 0.2) is 0 Å². The van der Waals surface area contributed by atoms with E-state index in [9.17, 15) is 14.7 Å². The van der Waals surface area contributed by atoms with Gasteiger partial charge in [-0.3, -0.25) is 0 Å². The molecule has 11 heavy (non-hydrogen) atoms. The van der Waals surface area contributed by atoms with Crippen LogP contribution >= 0.6 is 18.9 Å². The normalized spacial score (nSPS) is 18.9. The fourth-order valence-electron chi connectivity index (χ4n) is 0.664. The molecule has 0 heterocycles. The Balaban J connectivity index is 4.10. The second-order valence-corrected chi connectivity index (χ2v) is 7.14. The van der Waals surface area contributed by atoms with Gasteiger partial charge in [-0.15, -0.1) is 0 Å². The molecule has 1 unspecified atom stereocenters. The Bertz CT molecular complexity index is 132. The standard InChI is InChI=1S/C6H16ClO3P/c1-3-6(7)5-11(8,9,10)4-2/h6,8-10H,3-5H2,1-2H3. The average Bonchev–Trinajstić information content (AvgIpc) is 1.86. The fraction of sp³-hybridized carbons (Fsp3) is 1.00. The molecule has 0 aliphatic carbocycles. The summed E-state index contributed by atoms with van der Waals surface area (Å²) >= 11 is 5.67. The summed E-state index contributed by atoms with van der Waals surface area (Å²) < 4.78 is 0. The van der Waals surface area contributed by atoms with Gasteiger partial charge in [0.2, 0.25) is 0 Å². The van der Waals surface area contributed by atoms with Crippen LogP contribution in [0.5, 0.6) is 0 Å². The molecule has 0 aromatic rings. The average molecular weight is 203 g/mol. The minimum atomic E-state index is -4.35. The van der Waals surface area contributed by atoms with Gasteiger partial charge in [-0.05, 0) is 0 Å². The van der Waals surface area contributed by atoms with E-state index in [1.807, 2.05) is 6.92 Å². The molecule has 0 saturated carbocycles. The molecule has 0 aliphatic heterocycles. The summed E-state index contributed by atoms with van der Waals surface area (Å²) in [5.74, 6) is 0. The molecular formula is C6H16ClO3P. The molecule has 0 radical (unpaired) electrons. The predicted molar refractivity (Wildman–Crippen MR) is 48.9 cm³/mol. The Morgan fingerprint density at radius 3 is 2.00 bits per heavy atom. The van der Waals surface area contributed by atoms with Gasteiger partial charge in [-0.2, -0.15) is 0 Å². The van der Waals surface area contributed by atoms with E-state index in [1.165, 1.54) is 6.92 Å². The van der Waals surface area contributed by atoms with Crippen molar-refractivity contribution in [2.45, 2.75) is 25.6 Å². The summed E-state index contributed by atoms with van der Waals surface area (Å²) in [4.78, 5) is 27.7. The zero-order valence-electron chi connectivity index (χ0n) is 6.87. The van der Waals surface area contributed by atoms with Gasteiger partial charge < -0.3 is 0 Å². The quantitative estimate of drug-likeness (QED) is 0.476. The van der Waals surface area contributed by atoms with E-state index in [4.69, 9.17) is 11.6 Å². The second kappa shape index (κ2) is 3.55. The molecule has 3 nitrogen and oxygen atoms in total. The number of hydrogen-bond donors (Lipinski definition) is 3. The monoisotopic (exact) mass is 202 g/mol. The topological polar surface area (TPSA) is 60.7 Å². The molecule has 3 N–H and O–H groups in total. The molecule has 0 saturated heterocycles. The molecule has 0 aromatic heterocycles. The Kier molecular flexibility index (Phi) is 3.74. The maximum atomic E-state index is 9.25. The van der Waals surface area contributed by atoms with Crippen molar-refractivity contribution < 1.29 is 14.7 Å². The third kappa shape index (κ3) is 4.94. The Morgan fingerprint density at radius 2 is 1.73 bits per heavy atom. The van der Waals surface area contributed by atoms with Crippen molar-refractivity contribution in [1.29, 1.82) is 0 Å². The summed E-state index contributed by atoms with van der Waals surface area (Å²) in [6.07, 6.45) is 0.510. The van der Waals surface area contributed by atoms with Crippen molar-refractivity contribution in [2.75, 3.05) is 12.3 Å². The number of rotatable bonds is 4. The van der Waals surface area contributed by atoms with Crippen LogP contribution in [0.1, 0.15) is 20.3 Å². The predicted octanol–water partition coefficient (Wildman–Crippen LogP) is 1.30. The van der Waals surface area contributed by atoms with Crippen molar-refractivity contribution in [1.82, 2.24) is 0 Å². The number of halogens is 1. The van der Waals surface area contributed by atoms with Crippen molar-refractivity contribution >= 4 is 18.9 Å². The summed E-state index contributed by atoms with van der Waals surface area (Å²) in [6.45, 7) is 3.37. The van der Waals surface area contributed by atoms with Crippen LogP contribution in [-0.4, -0.2) is 32.4 Å². The first kappa shape index (κ1) is 11.6. The van der Waals surface area contributed by atoms with Gasteiger partial charge in [0.05, 0.1) is 0 Å². The minimum absolute atomic E-state index is 0.0190. The fourth-order valence-corrected chi connectivity index (χ4v) is 2.84. The first-order valence-electron chi connectivity index (χ1n) is 3.68. The number of hydrogen-bond acceptors (Lipinski definition) is 3. The zero-order chi connectivity index (χ0) is 9.15. The molecular weight excluding hydrogens is 186 g/mol. The van der Waals surface area contributed by atoms with Crippen molar-refractivity contribution in [3.05, 3.63) is 0 Å². The molecule has 1 atom stereocenters. The van der Waals surface area contributed by atoms with Crippen molar-refractivity contribution in [3.8, 4) is 0 Å². The molecule has 5 heteroatoms. The molecule has 70 valence electrons. The van der Waals surface area contributed by atoms with Gasteiger partial charge in [0.1, 0.15) is 0 Å². The van der Waals surface area contributed by atoms with E-state index >= 15 is 0 Å². The van der Waals surface area contributed by atoms with Crippen LogP contribution in [0.25, 0.3) is 0 Å². The third-order valence-corrected chi connectivity index (χ3v) is 4.83. The van der Waals surface area contributed by atoms with Gasteiger partial charge in [-0.25, -0.2) is 0 Å². The van der Waals surface area contributed by atoms with E-state index in [-0.39, 0.29) is 17.7 Å².